The van der Waals surface area contributed by atoms with Crippen LogP contribution in [0, 0.1) is 0 Å². The van der Waals surface area contributed by atoms with E-state index in [1.54, 1.807) is 6.07 Å². The highest BCUT2D eigenvalue weighted by Crippen LogP contribution is 2.50. The monoisotopic (exact) mass is 378 g/mol. The van der Waals surface area contributed by atoms with Crippen LogP contribution in [0.15, 0.2) is 46.2 Å². The average molecular weight is 378 g/mol. The molecule has 0 unspecified atom stereocenters. The van der Waals surface area contributed by atoms with Gasteiger partial charge in [-0.2, -0.15) is 13.2 Å². The summed E-state index contributed by atoms with van der Waals surface area (Å²) in [6.07, 6.45) is -1.43. The molecule has 0 radical (unpaired) electrons. The van der Waals surface area contributed by atoms with Crippen molar-refractivity contribution in [3.63, 3.8) is 0 Å². The first-order chi connectivity index (χ1) is 12.3. The van der Waals surface area contributed by atoms with Crippen molar-refractivity contribution in [2.75, 3.05) is 4.90 Å². The smallest absolute Gasteiger partial charge is 0.416 e. The Morgan fingerprint density at radius 1 is 1.04 bits per heavy atom. The Morgan fingerprint density at radius 2 is 1.65 bits per heavy atom. The standard InChI is InChI=1S/C19H16F3NO2S/c20-19(21,22)13-6-8-15-17(10-13)26-16-9-12(11-3-1-2-4-11)5-7-14(16)23(15)18(24)25/h5-11H,1-4H2,(H,24,25)/p-1. The van der Waals surface area contributed by atoms with Gasteiger partial charge in [-0.1, -0.05) is 30.7 Å². The zero-order chi connectivity index (χ0) is 18.5. The topological polar surface area (TPSA) is 43.4 Å². The molecule has 2 aromatic carbocycles. The molecule has 1 amide bonds. The van der Waals surface area contributed by atoms with Gasteiger partial charge in [0, 0.05) is 9.79 Å². The second-order valence-corrected chi connectivity index (χ2v) is 7.68. The van der Waals surface area contributed by atoms with E-state index in [4.69, 9.17) is 0 Å². The van der Waals surface area contributed by atoms with Gasteiger partial charge < -0.3 is 9.90 Å². The molecule has 3 nitrogen and oxygen atoms in total. The average Bonchev–Trinajstić information content (AvgIpc) is 3.12. The van der Waals surface area contributed by atoms with E-state index in [1.807, 2.05) is 12.1 Å². The molecule has 136 valence electrons. The van der Waals surface area contributed by atoms with Gasteiger partial charge in [0.2, 0.25) is 0 Å². The molecule has 2 aromatic rings. The summed E-state index contributed by atoms with van der Waals surface area (Å²) in [7, 11) is 0. The first-order valence-corrected chi connectivity index (χ1v) is 9.20. The number of carbonyl (C=O) groups is 1. The molecule has 0 N–H and O–H groups in total. The molecular weight excluding hydrogens is 363 g/mol. The zero-order valence-corrected chi connectivity index (χ0v) is 14.5. The summed E-state index contributed by atoms with van der Waals surface area (Å²) in [6.45, 7) is 0. The second kappa shape index (κ2) is 6.23. The largest absolute Gasteiger partial charge is 0.529 e. The predicted octanol–water partition coefficient (Wildman–Crippen LogP) is 5.31. The number of hydrogen-bond donors (Lipinski definition) is 0. The van der Waals surface area contributed by atoms with Crippen molar-refractivity contribution in [3.8, 4) is 0 Å². The fourth-order valence-corrected chi connectivity index (χ4v) is 4.86. The molecule has 4 rings (SSSR count). The van der Waals surface area contributed by atoms with Crippen LogP contribution in [-0.4, -0.2) is 6.09 Å². The molecule has 1 fully saturated rings. The van der Waals surface area contributed by atoms with Gasteiger partial charge in [0.15, 0.2) is 0 Å². The van der Waals surface area contributed by atoms with E-state index in [9.17, 15) is 23.1 Å². The maximum atomic E-state index is 13.0. The lowest BCUT2D eigenvalue weighted by Crippen LogP contribution is -2.39. The molecule has 0 spiro atoms. The van der Waals surface area contributed by atoms with Crippen molar-refractivity contribution < 1.29 is 23.1 Å². The van der Waals surface area contributed by atoms with E-state index < -0.39 is 17.8 Å². The Labute approximate surface area is 152 Å². The van der Waals surface area contributed by atoms with E-state index in [0.29, 0.717) is 16.5 Å². The van der Waals surface area contributed by atoms with Crippen molar-refractivity contribution in [2.45, 2.75) is 47.6 Å². The van der Waals surface area contributed by atoms with Crippen LogP contribution < -0.4 is 10.0 Å². The van der Waals surface area contributed by atoms with E-state index in [-0.39, 0.29) is 10.6 Å². The molecule has 0 atom stereocenters. The van der Waals surface area contributed by atoms with Crippen molar-refractivity contribution in [1.82, 2.24) is 0 Å². The summed E-state index contributed by atoms with van der Waals surface area (Å²) >= 11 is 1.17. The van der Waals surface area contributed by atoms with Gasteiger partial charge in [-0.3, -0.25) is 4.90 Å². The Kier molecular flexibility index (Phi) is 4.14. The van der Waals surface area contributed by atoms with Crippen LogP contribution in [0.3, 0.4) is 0 Å². The maximum Gasteiger partial charge on any atom is 0.416 e. The summed E-state index contributed by atoms with van der Waals surface area (Å²) in [6, 6.07) is 8.64. The first kappa shape index (κ1) is 17.3. The van der Waals surface area contributed by atoms with E-state index in [1.165, 1.54) is 17.8 Å². The number of carbonyl (C=O) groups excluding carboxylic acids is 1. The number of hydrogen-bond acceptors (Lipinski definition) is 3. The second-order valence-electron chi connectivity index (χ2n) is 6.59. The normalized spacial score (nSPS) is 17.1. The fourth-order valence-electron chi connectivity index (χ4n) is 3.71. The number of carboxylic acid groups (broad SMARTS) is 1. The van der Waals surface area contributed by atoms with E-state index in [2.05, 4.69) is 0 Å². The minimum absolute atomic E-state index is 0.198. The Bertz CT molecular complexity index is 876. The maximum absolute atomic E-state index is 13.0. The summed E-state index contributed by atoms with van der Waals surface area (Å²) in [4.78, 5) is 13.6. The molecule has 1 aliphatic heterocycles. The van der Waals surface area contributed by atoms with Gasteiger partial charge in [0.05, 0.1) is 16.9 Å². The lowest BCUT2D eigenvalue weighted by atomic mass is 9.97. The number of benzene rings is 2. The first-order valence-electron chi connectivity index (χ1n) is 8.39. The summed E-state index contributed by atoms with van der Waals surface area (Å²) in [5, 5.41) is 11.7. The molecular formula is C19H15F3NO2S-. The zero-order valence-electron chi connectivity index (χ0n) is 13.7. The molecule has 1 saturated carbocycles. The number of anilines is 2. The summed E-state index contributed by atoms with van der Waals surface area (Å²) in [5.41, 5.74) is 0.952. The van der Waals surface area contributed by atoms with Crippen LogP contribution in [-0.2, 0) is 6.18 Å². The van der Waals surface area contributed by atoms with E-state index >= 15 is 0 Å². The molecule has 26 heavy (non-hydrogen) atoms. The molecule has 0 saturated heterocycles. The fraction of sp³-hybridized carbons (Fsp3) is 0.316. The minimum atomic E-state index is -4.48. The van der Waals surface area contributed by atoms with Gasteiger partial charge >= 0.3 is 6.18 Å². The molecule has 1 aliphatic carbocycles. The third kappa shape index (κ3) is 2.94. The quantitative estimate of drug-likeness (QED) is 0.675. The number of alkyl halides is 3. The number of halogens is 3. The lowest BCUT2D eigenvalue weighted by molar-refractivity contribution is -0.245. The SMILES string of the molecule is O=C([O-])N1c2ccc(C3CCCC3)cc2Sc2cc(C(F)(F)F)ccc21. The third-order valence-corrected chi connectivity index (χ3v) is 6.08. The van der Waals surface area contributed by atoms with E-state index in [0.717, 1.165) is 48.3 Å². The van der Waals surface area contributed by atoms with Crippen molar-refractivity contribution in [1.29, 1.82) is 0 Å². The van der Waals surface area contributed by atoms with Crippen molar-refractivity contribution in [3.05, 3.63) is 47.5 Å². The lowest BCUT2D eigenvalue weighted by Gasteiger charge is -2.33. The molecule has 0 bridgehead atoms. The summed E-state index contributed by atoms with van der Waals surface area (Å²) in [5.74, 6) is 0.431. The highest BCUT2D eigenvalue weighted by Gasteiger charge is 2.33. The van der Waals surface area contributed by atoms with Gasteiger partial charge in [-0.25, -0.2) is 0 Å². The van der Waals surface area contributed by atoms with Crippen LogP contribution >= 0.6 is 11.8 Å². The third-order valence-electron chi connectivity index (χ3n) is 4.98. The number of amides is 1. The Morgan fingerprint density at radius 3 is 2.27 bits per heavy atom. The molecule has 2 aliphatic rings. The van der Waals surface area contributed by atoms with Crippen molar-refractivity contribution >= 4 is 29.2 Å². The number of rotatable bonds is 1. The summed E-state index contributed by atoms with van der Waals surface area (Å²) < 4.78 is 39.1. The van der Waals surface area contributed by atoms with Crippen LogP contribution in [0.4, 0.5) is 29.3 Å². The van der Waals surface area contributed by atoms with Crippen LogP contribution in [0.25, 0.3) is 0 Å². The van der Waals surface area contributed by atoms with Gasteiger partial charge in [0.1, 0.15) is 6.09 Å². The molecule has 7 heteroatoms. The number of fused-ring (bicyclic) bond motifs is 2. The van der Waals surface area contributed by atoms with Crippen LogP contribution in [0.1, 0.15) is 42.7 Å². The number of nitrogens with zero attached hydrogens (tertiary/aromatic N) is 1. The molecule has 1 heterocycles. The van der Waals surface area contributed by atoms with Crippen molar-refractivity contribution in [2.24, 2.45) is 0 Å². The Balaban J connectivity index is 1.80. The highest BCUT2D eigenvalue weighted by atomic mass is 32.2. The Hall–Kier alpha value is -2.15. The van der Waals surface area contributed by atoms with Gasteiger partial charge in [0.25, 0.3) is 0 Å². The predicted molar refractivity (Wildman–Crippen MR) is 90.8 cm³/mol. The van der Waals surface area contributed by atoms with Crippen LogP contribution in [0.5, 0.6) is 0 Å². The highest BCUT2D eigenvalue weighted by molar-refractivity contribution is 7.99. The van der Waals surface area contributed by atoms with Gasteiger partial charge in [-0.05, 0) is 54.7 Å². The molecule has 0 aromatic heterocycles. The van der Waals surface area contributed by atoms with Gasteiger partial charge in [-0.15, -0.1) is 0 Å². The minimum Gasteiger partial charge on any atom is -0.529 e. The van der Waals surface area contributed by atoms with Crippen LogP contribution in [0.2, 0.25) is 0 Å².